The minimum absolute atomic E-state index is 0.493. The van der Waals surface area contributed by atoms with Gasteiger partial charge in [-0.25, -0.2) is 0 Å². The Bertz CT molecular complexity index is 1790. The first-order valence-corrected chi connectivity index (χ1v) is 19.2. The van der Waals surface area contributed by atoms with Crippen LogP contribution in [0.3, 0.4) is 0 Å². The molecule has 0 aliphatic heterocycles. The van der Waals surface area contributed by atoms with E-state index in [1.807, 2.05) is 0 Å². The third-order valence-corrected chi connectivity index (χ3v) is 12.6. The van der Waals surface area contributed by atoms with Gasteiger partial charge in [0.05, 0.1) is 0 Å². The molecule has 8 aromatic carbocycles. The molecule has 0 aliphatic rings. The van der Waals surface area contributed by atoms with Crippen LogP contribution < -0.4 is 31.8 Å². The molecule has 0 aromatic heterocycles. The fourth-order valence-corrected chi connectivity index (χ4v) is 10.5. The van der Waals surface area contributed by atoms with Crippen LogP contribution in [0.15, 0.2) is 194 Å². The second-order valence-corrected chi connectivity index (χ2v) is 15.4. The molecule has 0 aliphatic carbocycles. The fraction of sp³-hybridized carbons (Fsp3) is 0. The van der Waals surface area contributed by atoms with Gasteiger partial charge < -0.3 is 0 Å². The van der Waals surface area contributed by atoms with Gasteiger partial charge in [-0.1, -0.05) is 133 Å². The number of fused-ring (bicyclic) bond motifs is 2. The summed E-state index contributed by atoms with van der Waals surface area (Å²) in [6, 6.07) is 70.0. The first kappa shape index (κ1) is 32.9. The summed E-state index contributed by atoms with van der Waals surface area (Å²) in [5, 5.41) is 13.8. The van der Waals surface area contributed by atoms with Crippen molar-refractivity contribution in [2.45, 2.75) is 0 Å². The van der Waals surface area contributed by atoms with Gasteiger partial charge in [0.25, 0.3) is 0 Å². The molecule has 230 valence electrons. The Balaban J connectivity index is 0.000000152. The predicted molar refractivity (Wildman–Crippen MR) is 199 cm³/mol. The topological polar surface area (TPSA) is 0 Å². The van der Waals surface area contributed by atoms with Gasteiger partial charge in [-0.05, 0) is 37.1 Å². The van der Waals surface area contributed by atoms with Crippen LogP contribution in [-0.4, -0.2) is 0 Å². The van der Waals surface area contributed by atoms with Crippen molar-refractivity contribution in [3.63, 3.8) is 0 Å². The van der Waals surface area contributed by atoms with E-state index < -0.39 is 36.1 Å². The Hall–Kier alpha value is -4.03. The van der Waals surface area contributed by atoms with Crippen molar-refractivity contribution in [1.29, 1.82) is 0 Å². The number of benzene rings is 6. The van der Waals surface area contributed by atoms with Crippen molar-refractivity contribution in [3.8, 4) is 0 Å². The van der Waals surface area contributed by atoms with Crippen LogP contribution in [0.2, 0.25) is 0 Å². The molecule has 0 fully saturated rings. The summed E-state index contributed by atoms with van der Waals surface area (Å²) in [7, 11) is -0.986. The minimum atomic E-state index is -2.50. The van der Waals surface area contributed by atoms with Crippen molar-refractivity contribution < 1.29 is 26.4 Å². The molecule has 0 N–H and O–H groups in total. The van der Waals surface area contributed by atoms with Gasteiger partial charge in [-0.3, -0.25) is 0 Å². The number of hydrogen-bond acceptors (Lipinski definition) is 0. The summed E-state index contributed by atoms with van der Waals surface area (Å²) in [4.78, 5) is 0. The van der Waals surface area contributed by atoms with Gasteiger partial charge in [-0.2, -0.15) is 12.1 Å². The van der Waals surface area contributed by atoms with Crippen molar-refractivity contribution in [2.24, 2.45) is 0 Å². The Labute approximate surface area is 288 Å². The number of hydrogen-bond donors (Lipinski definition) is 0. The van der Waals surface area contributed by atoms with Gasteiger partial charge in [0.2, 0.25) is 0 Å². The fourth-order valence-electron chi connectivity index (χ4n) is 5.73. The molecule has 0 heterocycles. The van der Waals surface area contributed by atoms with Crippen molar-refractivity contribution in [3.05, 3.63) is 194 Å². The summed E-state index contributed by atoms with van der Waals surface area (Å²) in [6.45, 7) is 0. The monoisotopic (exact) mass is 684 g/mol. The van der Waals surface area contributed by atoms with Crippen LogP contribution in [0.25, 0.3) is 21.5 Å². The van der Waals surface area contributed by atoms with E-state index in [1.54, 1.807) is 0 Å². The third-order valence-electron chi connectivity index (χ3n) is 7.78. The van der Waals surface area contributed by atoms with Crippen LogP contribution >= 0.6 is 15.8 Å². The van der Waals surface area contributed by atoms with E-state index in [4.69, 9.17) is 0 Å². The first-order valence-electron chi connectivity index (χ1n) is 15.3. The maximum atomic E-state index is 9.75. The SMILES string of the molecule is [F][Ti][F].c1ccc(P(c2ccccc2)c2cc3ccccc3[cH-]2)cc1.c1ccc(P(c2ccccc2)c2cc3ccccc3[cH-]2)cc1. The Kier molecular flexibility index (Phi) is 11.7. The average molecular weight is 685 g/mol. The maximum absolute atomic E-state index is 9.75. The largest absolute Gasteiger partial charge is 0.160 e. The summed E-state index contributed by atoms with van der Waals surface area (Å²) in [6.07, 6.45) is 0. The zero-order valence-corrected chi connectivity index (χ0v) is 29.0. The van der Waals surface area contributed by atoms with Crippen LogP contribution in [-0.2, 0) is 20.2 Å². The Morgan fingerprint density at radius 3 is 0.894 bits per heavy atom. The zero-order chi connectivity index (χ0) is 32.3. The second-order valence-electron chi connectivity index (χ2n) is 10.8. The van der Waals surface area contributed by atoms with Crippen LogP contribution in [0.5, 0.6) is 0 Å². The standard InChI is InChI=1S/2C21H16P.2FH.Ti/c2*1-3-11-19(12-4-1)22(20-13-5-2-6-14-20)21-15-17-9-7-8-10-18(17)16-21;;;/h2*1-16H;2*1H;/q2*-1;;;+2/p-2. The molecule has 0 saturated heterocycles. The summed E-state index contributed by atoms with van der Waals surface area (Å²) < 4.78 is 19.5. The molecule has 0 saturated carbocycles. The van der Waals surface area contributed by atoms with Crippen LogP contribution in [0.1, 0.15) is 0 Å². The molecular weight excluding hydrogens is 652 g/mol. The molecule has 0 atom stereocenters. The zero-order valence-electron chi connectivity index (χ0n) is 25.6. The second kappa shape index (κ2) is 16.7. The molecular formula is C42H32F2P2Ti-2. The van der Waals surface area contributed by atoms with Crippen molar-refractivity contribution in [2.75, 3.05) is 0 Å². The third kappa shape index (κ3) is 8.29. The van der Waals surface area contributed by atoms with Gasteiger partial charge in [0, 0.05) is 0 Å². The Morgan fingerprint density at radius 1 is 0.362 bits per heavy atom. The van der Waals surface area contributed by atoms with E-state index in [1.165, 1.54) is 53.4 Å². The maximum Gasteiger partial charge on any atom is -0.0166 e. The smallest absolute Gasteiger partial charge is 0.0166 e. The van der Waals surface area contributed by atoms with Gasteiger partial charge in [0.1, 0.15) is 0 Å². The van der Waals surface area contributed by atoms with Crippen molar-refractivity contribution >= 4 is 69.2 Å². The molecule has 0 radical (unpaired) electrons. The van der Waals surface area contributed by atoms with E-state index in [2.05, 4.69) is 194 Å². The molecule has 8 aromatic rings. The molecule has 5 heteroatoms. The molecule has 0 amide bonds. The van der Waals surface area contributed by atoms with Crippen molar-refractivity contribution in [1.82, 2.24) is 0 Å². The van der Waals surface area contributed by atoms with E-state index in [-0.39, 0.29) is 0 Å². The first-order chi connectivity index (χ1) is 23.2. The minimum Gasteiger partial charge on any atom is -0.160 e. The average Bonchev–Trinajstić information content (AvgIpc) is 3.75. The molecule has 0 bridgehead atoms. The molecule has 47 heavy (non-hydrogen) atoms. The van der Waals surface area contributed by atoms with Gasteiger partial charge >= 0.3 is 26.4 Å². The number of halogens is 2. The quantitative estimate of drug-likeness (QED) is 0.0931. The summed E-state index contributed by atoms with van der Waals surface area (Å²) >= 11 is -2.50. The van der Waals surface area contributed by atoms with E-state index >= 15 is 0 Å². The van der Waals surface area contributed by atoms with Gasteiger partial charge in [0.15, 0.2) is 0 Å². The van der Waals surface area contributed by atoms with Crippen LogP contribution in [0.4, 0.5) is 6.18 Å². The van der Waals surface area contributed by atoms with Crippen LogP contribution in [0, 0.1) is 0 Å². The summed E-state index contributed by atoms with van der Waals surface area (Å²) in [5.74, 6) is 0. The van der Waals surface area contributed by atoms with E-state index in [0.717, 1.165) is 0 Å². The Morgan fingerprint density at radius 2 is 0.617 bits per heavy atom. The van der Waals surface area contributed by atoms with E-state index in [0.29, 0.717) is 0 Å². The predicted octanol–water partition coefficient (Wildman–Crippen LogP) is 9.47. The molecule has 0 nitrogen and oxygen atoms in total. The normalized spacial score (nSPS) is 10.7. The summed E-state index contributed by atoms with van der Waals surface area (Å²) in [5.41, 5.74) is 0. The molecule has 0 unspecified atom stereocenters. The van der Waals surface area contributed by atoms with Gasteiger partial charge in [-0.15, -0.1) is 80.7 Å². The number of rotatable bonds is 6. The molecule has 0 spiro atoms. The van der Waals surface area contributed by atoms with E-state index in [9.17, 15) is 6.18 Å². The molecule has 8 rings (SSSR count).